The smallest absolute Gasteiger partial charge is 0.160 e. The first-order valence-electron chi connectivity index (χ1n) is 10.9. The number of benzene rings is 1. The number of hydrogen-bond donors (Lipinski definition) is 0. The summed E-state index contributed by atoms with van der Waals surface area (Å²) >= 11 is 0. The Kier molecular flexibility index (Phi) is 4.80. The van der Waals surface area contributed by atoms with Gasteiger partial charge < -0.3 is 9.64 Å². The molecule has 0 bridgehead atoms. The zero-order chi connectivity index (χ0) is 22.2. The molecule has 1 saturated heterocycles. The van der Waals surface area contributed by atoms with Crippen molar-refractivity contribution >= 4 is 11.5 Å². The van der Waals surface area contributed by atoms with Crippen LogP contribution in [0.5, 0.6) is 0 Å². The van der Waals surface area contributed by atoms with E-state index < -0.39 is 0 Å². The van der Waals surface area contributed by atoms with Gasteiger partial charge in [0, 0.05) is 54.9 Å². The number of ether oxygens (including phenoxy) is 1. The summed E-state index contributed by atoms with van der Waals surface area (Å²) < 4.78 is 9.26. The summed E-state index contributed by atoms with van der Waals surface area (Å²) in [4.78, 5) is 15.4. The van der Waals surface area contributed by atoms with Gasteiger partial charge >= 0.3 is 0 Å². The van der Waals surface area contributed by atoms with Crippen molar-refractivity contribution in [3.05, 3.63) is 73.1 Å². The first-order chi connectivity index (χ1) is 16.2. The van der Waals surface area contributed by atoms with Gasteiger partial charge in [-0.25, -0.2) is 19.6 Å². The van der Waals surface area contributed by atoms with Crippen LogP contribution in [0, 0.1) is 6.92 Å². The van der Waals surface area contributed by atoms with Crippen LogP contribution in [0.4, 0.5) is 5.82 Å². The number of aryl methyl sites for hydroxylation is 1. The largest absolute Gasteiger partial charge is 0.378 e. The van der Waals surface area contributed by atoms with Crippen LogP contribution in [0.25, 0.3) is 33.8 Å². The zero-order valence-electron chi connectivity index (χ0n) is 18.2. The molecule has 0 unspecified atom stereocenters. The maximum Gasteiger partial charge on any atom is 0.160 e. The minimum atomic E-state index is 0.680. The molecule has 6 rings (SSSR count). The Balaban J connectivity index is 1.47. The van der Waals surface area contributed by atoms with E-state index in [1.165, 1.54) is 11.9 Å². The third-order valence-corrected chi connectivity index (χ3v) is 5.76. The van der Waals surface area contributed by atoms with Gasteiger partial charge in [0.2, 0.25) is 0 Å². The lowest BCUT2D eigenvalue weighted by atomic mass is 10.1. The second kappa shape index (κ2) is 8.10. The van der Waals surface area contributed by atoms with E-state index in [1.807, 2.05) is 33.7 Å². The van der Waals surface area contributed by atoms with Crippen molar-refractivity contribution < 1.29 is 4.74 Å². The highest BCUT2D eigenvalue weighted by molar-refractivity contribution is 5.66. The van der Waals surface area contributed by atoms with Crippen molar-refractivity contribution in [1.29, 1.82) is 0 Å². The Hall–Kier alpha value is -4.11. The van der Waals surface area contributed by atoms with Gasteiger partial charge in [-0.3, -0.25) is 0 Å². The molecule has 0 amide bonds. The summed E-state index contributed by atoms with van der Waals surface area (Å²) in [6.45, 7) is 5.02. The average Bonchev–Trinajstić information content (AvgIpc) is 3.52. The van der Waals surface area contributed by atoms with E-state index in [0.717, 1.165) is 52.8 Å². The lowest BCUT2D eigenvalue weighted by Crippen LogP contribution is -2.37. The molecule has 0 spiro atoms. The topological polar surface area (TPSA) is 86.3 Å². The minimum Gasteiger partial charge on any atom is -0.378 e. The Morgan fingerprint density at radius 2 is 1.76 bits per heavy atom. The normalized spacial score (nSPS) is 14.2. The molecule has 0 radical (unpaired) electrons. The van der Waals surface area contributed by atoms with E-state index >= 15 is 0 Å². The number of hydrogen-bond acceptors (Lipinski definition) is 7. The van der Waals surface area contributed by atoms with E-state index in [4.69, 9.17) is 14.8 Å². The lowest BCUT2D eigenvalue weighted by molar-refractivity contribution is 0.122. The Morgan fingerprint density at radius 1 is 0.909 bits per heavy atom. The predicted octanol–water partition coefficient (Wildman–Crippen LogP) is 3.18. The standard InChI is InChI=1S/C24H22N8O/c1-17-3-2-4-18(9-17)20-14-27-31(15-20)22-11-24(30-5-7-33-8-6-30)32-23(28-22)10-21(29-32)19-12-25-16-26-13-19/h2-4,9-16H,5-8H2,1H3. The van der Waals surface area contributed by atoms with E-state index in [2.05, 4.69) is 51.2 Å². The summed E-state index contributed by atoms with van der Waals surface area (Å²) in [6, 6.07) is 12.4. The maximum absolute atomic E-state index is 5.56. The average molecular weight is 438 g/mol. The third kappa shape index (κ3) is 3.72. The van der Waals surface area contributed by atoms with E-state index in [1.54, 1.807) is 12.4 Å². The molecular weight excluding hydrogens is 416 g/mol. The molecule has 1 aliphatic rings. The van der Waals surface area contributed by atoms with Crippen LogP contribution in [-0.4, -0.2) is 60.6 Å². The molecule has 33 heavy (non-hydrogen) atoms. The lowest BCUT2D eigenvalue weighted by Gasteiger charge is -2.29. The van der Waals surface area contributed by atoms with Crippen LogP contribution in [0.2, 0.25) is 0 Å². The summed E-state index contributed by atoms with van der Waals surface area (Å²) in [5.41, 5.74) is 5.75. The summed E-state index contributed by atoms with van der Waals surface area (Å²) in [5.74, 6) is 1.69. The van der Waals surface area contributed by atoms with Crippen LogP contribution in [0.15, 0.2) is 67.5 Å². The molecule has 0 aliphatic carbocycles. The van der Waals surface area contributed by atoms with Crippen LogP contribution < -0.4 is 4.90 Å². The van der Waals surface area contributed by atoms with Crippen LogP contribution in [0.1, 0.15) is 5.56 Å². The Bertz CT molecular complexity index is 1420. The summed E-state index contributed by atoms with van der Waals surface area (Å²) in [6.07, 6.45) is 8.91. The van der Waals surface area contributed by atoms with Gasteiger partial charge in [-0.15, -0.1) is 0 Å². The summed E-state index contributed by atoms with van der Waals surface area (Å²) in [7, 11) is 0. The molecule has 0 saturated carbocycles. The molecule has 4 aromatic heterocycles. The highest BCUT2D eigenvalue weighted by Gasteiger charge is 2.19. The predicted molar refractivity (Wildman–Crippen MR) is 124 cm³/mol. The van der Waals surface area contributed by atoms with Crippen molar-refractivity contribution in [3.63, 3.8) is 0 Å². The summed E-state index contributed by atoms with van der Waals surface area (Å²) in [5, 5.41) is 9.43. The van der Waals surface area contributed by atoms with E-state index in [9.17, 15) is 0 Å². The first kappa shape index (κ1) is 19.6. The van der Waals surface area contributed by atoms with Crippen LogP contribution in [0.3, 0.4) is 0 Å². The van der Waals surface area contributed by atoms with Gasteiger partial charge in [-0.1, -0.05) is 29.8 Å². The van der Waals surface area contributed by atoms with Gasteiger partial charge in [0.05, 0.1) is 25.1 Å². The molecule has 9 nitrogen and oxygen atoms in total. The van der Waals surface area contributed by atoms with E-state index in [-0.39, 0.29) is 0 Å². The third-order valence-electron chi connectivity index (χ3n) is 5.76. The van der Waals surface area contributed by atoms with Gasteiger partial charge in [0.15, 0.2) is 11.5 Å². The molecule has 1 aliphatic heterocycles. The van der Waals surface area contributed by atoms with Crippen molar-refractivity contribution in [2.45, 2.75) is 6.92 Å². The van der Waals surface area contributed by atoms with Gasteiger partial charge in [0.25, 0.3) is 0 Å². The number of fused-ring (bicyclic) bond motifs is 1. The molecular formula is C24H22N8O. The molecule has 5 aromatic rings. The number of anilines is 1. The Morgan fingerprint density at radius 3 is 2.58 bits per heavy atom. The highest BCUT2D eigenvalue weighted by atomic mass is 16.5. The van der Waals surface area contributed by atoms with Crippen molar-refractivity contribution in [1.82, 2.24) is 34.3 Å². The fraction of sp³-hybridized carbons (Fsp3) is 0.208. The highest BCUT2D eigenvalue weighted by Crippen LogP contribution is 2.26. The molecule has 1 fully saturated rings. The fourth-order valence-corrected chi connectivity index (χ4v) is 4.08. The van der Waals surface area contributed by atoms with Crippen LogP contribution >= 0.6 is 0 Å². The molecule has 0 N–H and O–H groups in total. The molecule has 9 heteroatoms. The van der Waals surface area contributed by atoms with Gasteiger partial charge in [0.1, 0.15) is 12.1 Å². The van der Waals surface area contributed by atoms with Gasteiger partial charge in [-0.2, -0.15) is 14.7 Å². The first-order valence-corrected chi connectivity index (χ1v) is 10.9. The maximum atomic E-state index is 5.56. The molecule has 0 atom stereocenters. The van der Waals surface area contributed by atoms with Gasteiger partial charge in [-0.05, 0) is 12.5 Å². The molecule has 1 aromatic carbocycles. The second-order valence-corrected chi connectivity index (χ2v) is 8.04. The fourth-order valence-electron chi connectivity index (χ4n) is 4.08. The molecule has 164 valence electrons. The zero-order valence-corrected chi connectivity index (χ0v) is 18.2. The monoisotopic (exact) mass is 438 g/mol. The second-order valence-electron chi connectivity index (χ2n) is 8.04. The number of morpholine rings is 1. The molecule has 5 heterocycles. The number of nitrogens with zero attached hydrogens (tertiary/aromatic N) is 8. The van der Waals surface area contributed by atoms with E-state index in [0.29, 0.717) is 13.2 Å². The SMILES string of the molecule is Cc1cccc(-c2cnn(-c3cc(N4CCOCC4)n4nc(-c5cncnc5)cc4n3)c2)c1. The van der Waals surface area contributed by atoms with Crippen molar-refractivity contribution in [2.24, 2.45) is 0 Å². The van der Waals surface area contributed by atoms with Crippen molar-refractivity contribution in [3.8, 4) is 28.2 Å². The Labute approximate surface area is 190 Å². The van der Waals surface area contributed by atoms with Crippen LogP contribution in [-0.2, 0) is 4.74 Å². The number of rotatable bonds is 4. The minimum absolute atomic E-state index is 0.680. The van der Waals surface area contributed by atoms with Crippen molar-refractivity contribution in [2.75, 3.05) is 31.2 Å². The number of aromatic nitrogens is 7. The quantitative estimate of drug-likeness (QED) is 0.426.